The third kappa shape index (κ3) is 5.18. The molecule has 1 saturated heterocycles. The van der Waals surface area contributed by atoms with Crippen LogP contribution in [0.2, 0.25) is 0 Å². The van der Waals surface area contributed by atoms with E-state index >= 15 is 0 Å². The number of piperazine rings is 1. The number of aliphatic hydroxyl groups excluding tert-OH is 1. The number of β-amino-alcohol motifs (C(OH)–C–C–N with tert-alkyl or cyclic N) is 1. The zero-order valence-electron chi connectivity index (χ0n) is 14.6. The summed E-state index contributed by atoms with van der Waals surface area (Å²) in [6, 6.07) is 14.5. The molecule has 0 spiro atoms. The van der Waals surface area contributed by atoms with E-state index in [1.165, 1.54) is 17.7 Å². The molecule has 0 amide bonds. The Morgan fingerprint density at radius 3 is 2.28 bits per heavy atom. The van der Waals surface area contributed by atoms with Gasteiger partial charge in [0.05, 0.1) is 0 Å². The van der Waals surface area contributed by atoms with Gasteiger partial charge in [0.25, 0.3) is 0 Å². The Hall–Kier alpha value is -2.11. The van der Waals surface area contributed by atoms with Crippen LogP contribution in [0.4, 0.5) is 10.1 Å². The number of aryl methyl sites for hydroxylation is 1. The van der Waals surface area contributed by atoms with E-state index in [0.717, 1.165) is 37.6 Å². The third-order valence-electron chi connectivity index (χ3n) is 4.50. The highest BCUT2D eigenvalue weighted by atomic mass is 19.1. The Morgan fingerprint density at radius 1 is 1.00 bits per heavy atom. The maximum absolute atomic E-state index is 13.0. The second kappa shape index (κ2) is 8.32. The summed E-state index contributed by atoms with van der Waals surface area (Å²) in [5, 5.41) is 10.2. The molecule has 1 aliphatic heterocycles. The summed E-state index contributed by atoms with van der Waals surface area (Å²) in [6.07, 6.45) is -0.515. The van der Waals surface area contributed by atoms with Crippen LogP contribution in [-0.2, 0) is 0 Å². The fourth-order valence-corrected chi connectivity index (χ4v) is 3.02. The Morgan fingerprint density at radius 2 is 1.64 bits per heavy atom. The molecule has 2 aromatic carbocycles. The predicted octanol–water partition coefficient (Wildman–Crippen LogP) is 2.70. The minimum absolute atomic E-state index is 0.209. The highest BCUT2D eigenvalue weighted by Gasteiger charge is 2.19. The fraction of sp³-hybridized carbons (Fsp3) is 0.400. The molecule has 1 aliphatic rings. The maximum atomic E-state index is 13.0. The predicted molar refractivity (Wildman–Crippen MR) is 97.7 cm³/mol. The SMILES string of the molecule is Cc1ccc(OC[C@H](O)CN2CCN(c3ccc(F)cc3)CC2)cc1. The van der Waals surface area contributed by atoms with Crippen molar-refractivity contribution in [2.75, 3.05) is 44.2 Å². The van der Waals surface area contributed by atoms with Crippen LogP contribution < -0.4 is 9.64 Å². The van der Waals surface area contributed by atoms with Crippen LogP contribution in [0.25, 0.3) is 0 Å². The summed E-state index contributed by atoms with van der Waals surface area (Å²) in [5.41, 5.74) is 2.23. The minimum atomic E-state index is -0.515. The zero-order valence-corrected chi connectivity index (χ0v) is 14.6. The van der Waals surface area contributed by atoms with Crippen molar-refractivity contribution in [3.63, 3.8) is 0 Å². The molecule has 2 aromatic rings. The van der Waals surface area contributed by atoms with Gasteiger partial charge in [-0.05, 0) is 43.3 Å². The number of ether oxygens (including phenoxy) is 1. The normalized spacial score (nSPS) is 16.7. The molecule has 134 valence electrons. The number of benzene rings is 2. The molecule has 0 radical (unpaired) electrons. The van der Waals surface area contributed by atoms with Gasteiger partial charge in [-0.2, -0.15) is 0 Å². The van der Waals surface area contributed by atoms with Crippen molar-refractivity contribution in [2.24, 2.45) is 0 Å². The van der Waals surface area contributed by atoms with Gasteiger partial charge in [0, 0.05) is 38.4 Å². The molecule has 4 nitrogen and oxygen atoms in total. The summed E-state index contributed by atoms with van der Waals surface area (Å²) in [6.45, 7) is 6.42. The molecule has 5 heteroatoms. The zero-order chi connectivity index (χ0) is 17.6. The van der Waals surface area contributed by atoms with Gasteiger partial charge in [-0.25, -0.2) is 4.39 Å². The van der Waals surface area contributed by atoms with Gasteiger partial charge in [-0.1, -0.05) is 17.7 Å². The molecule has 0 aromatic heterocycles. The van der Waals surface area contributed by atoms with Crippen LogP contribution in [0.1, 0.15) is 5.56 Å². The van der Waals surface area contributed by atoms with E-state index in [1.54, 1.807) is 0 Å². The third-order valence-corrected chi connectivity index (χ3v) is 4.50. The standard InChI is InChI=1S/C20H25FN2O2/c1-16-2-8-20(9-3-16)25-15-19(24)14-22-10-12-23(13-11-22)18-6-4-17(21)5-7-18/h2-9,19,24H,10-15H2,1H3/t19-/m1/s1. The lowest BCUT2D eigenvalue weighted by Crippen LogP contribution is -2.49. The molecule has 1 heterocycles. The maximum Gasteiger partial charge on any atom is 0.123 e. The van der Waals surface area contributed by atoms with Crippen LogP contribution in [-0.4, -0.2) is 55.4 Å². The van der Waals surface area contributed by atoms with Crippen molar-refractivity contribution in [3.8, 4) is 5.75 Å². The van der Waals surface area contributed by atoms with E-state index in [-0.39, 0.29) is 5.82 Å². The molecular formula is C20H25FN2O2. The molecule has 0 saturated carbocycles. The lowest BCUT2D eigenvalue weighted by molar-refractivity contribution is 0.0663. The van der Waals surface area contributed by atoms with Crippen molar-refractivity contribution in [1.82, 2.24) is 4.90 Å². The number of halogens is 1. The van der Waals surface area contributed by atoms with Gasteiger partial charge in [-0.3, -0.25) is 4.90 Å². The van der Waals surface area contributed by atoms with E-state index in [4.69, 9.17) is 4.74 Å². The summed E-state index contributed by atoms with van der Waals surface area (Å²) in [4.78, 5) is 4.48. The quantitative estimate of drug-likeness (QED) is 0.874. The van der Waals surface area contributed by atoms with Crippen molar-refractivity contribution in [1.29, 1.82) is 0 Å². The van der Waals surface area contributed by atoms with Crippen molar-refractivity contribution in [3.05, 3.63) is 59.9 Å². The number of hydrogen-bond acceptors (Lipinski definition) is 4. The summed E-state index contributed by atoms with van der Waals surface area (Å²) in [5.74, 6) is 0.574. The van der Waals surface area contributed by atoms with Crippen molar-refractivity contribution in [2.45, 2.75) is 13.0 Å². The lowest BCUT2D eigenvalue weighted by Gasteiger charge is -2.36. The summed E-state index contributed by atoms with van der Waals surface area (Å²) in [7, 11) is 0. The van der Waals surface area contributed by atoms with Gasteiger partial charge in [0.1, 0.15) is 24.3 Å². The first-order chi connectivity index (χ1) is 12.1. The van der Waals surface area contributed by atoms with E-state index in [1.807, 2.05) is 43.3 Å². The van der Waals surface area contributed by atoms with Gasteiger partial charge in [0.15, 0.2) is 0 Å². The number of hydrogen-bond donors (Lipinski definition) is 1. The van der Waals surface area contributed by atoms with Gasteiger partial charge >= 0.3 is 0 Å². The fourth-order valence-electron chi connectivity index (χ4n) is 3.02. The Kier molecular flexibility index (Phi) is 5.89. The number of nitrogens with zero attached hydrogens (tertiary/aromatic N) is 2. The second-order valence-corrected chi connectivity index (χ2v) is 6.54. The second-order valence-electron chi connectivity index (χ2n) is 6.54. The topological polar surface area (TPSA) is 35.9 Å². The Bertz CT molecular complexity index is 652. The van der Waals surface area contributed by atoms with E-state index in [9.17, 15) is 9.50 Å². The molecule has 1 N–H and O–H groups in total. The van der Waals surface area contributed by atoms with Crippen LogP contribution in [0, 0.1) is 12.7 Å². The van der Waals surface area contributed by atoms with Gasteiger partial charge in [-0.15, -0.1) is 0 Å². The smallest absolute Gasteiger partial charge is 0.123 e. The monoisotopic (exact) mass is 344 g/mol. The number of aliphatic hydroxyl groups is 1. The summed E-state index contributed by atoms with van der Waals surface area (Å²) < 4.78 is 18.7. The summed E-state index contributed by atoms with van der Waals surface area (Å²) >= 11 is 0. The number of anilines is 1. The van der Waals surface area contributed by atoms with Gasteiger partial charge < -0.3 is 14.7 Å². The molecule has 0 aliphatic carbocycles. The average Bonchev–Trinajstić information content (AvgIpc) is 2.63. The van der Waals surface area contributed by atoms with E-state index in [0.29, 0.717) is 13.2 Å². The van der Waals surface area contributed by atoms with Crippen molar-refractivity contribution < 1.29 is 14.2 Å². The average molecular weight is 344 g/mol. The van der Waals surface area contributed by atoms with Crippen molar-refractivity contribution >= 4 is 5.69 Å². The molecule has 25 heavy (non-hydrogen) atoms. The van der Waals surface area contributed by atoms with Gasteiger partial charge in [0.2, 0.25) is 0 Å². The highest BCUT2D eigenvalue weighted by molar-refractivity contribution is 5.46. The first kappa shape index (κ1) is 17.7. The molecule has 0 bridgehead atoms. The first-order valence-electron chi connectivity index (χ1n) is 8.70. The molecule has 1 atom stereocenters. The Balaban J connectivity index is 1.40. The highest BCUT2D eigenvalue weighted by Crippen LogP contribution is 2.17. The van der Waals surface area contributed by atoms with Crippen LogP contribution >= 0.6 is 0 Å². The molecule has 0 unspecified atom stereocenters. The molecule has 1 fully saturated rings. The van der Waals surface area contributed by atoms with Crippen LogP contribution in [0.5, 0.6) is 5.75 Å². The number of rotatable bonds is 6. The first-order valence-corrected chi connectivity index (χ1v) is 8.70. The van der Waals surface area contributed by atoms with Crippen LogP contribution in [0.15, 0.2) is 48.5 Å². The molecular weight excluding hydrogens is 319 g/mol. The molecule has 3 rings (SSSR count). The largest absolute Gasteiger partial charge is 0.491 e. The van der Waals surface area contributed by atoms with E-state index < -0.39 is 6.10 Å². The van der Waals surface area contributed by atoms with Crippen LogP contribution in [0.3, 0.4) is 0 Å². The minimum Gasteiger partial charge on any atom is -0.491 e. The lowest BCUT2D eigenvalue weighted by atomic mass is 10.2. The van der Waals surface area contributed by atoms with E-state index in [2.05, 4.69) is 9.80 Å². The Labute approximate surface area is 148 Å².